The van der Waals surface area contributed by atoms with Crippen molar-refractivity contribution in [1.82, 2.24) is 5.32 Å². The lowest BCUT2D eigenvalue weighted by Crippen LogP contribution is -2.31. The van der Waals surface area contributed by atoms with Crippen LogP contribution in [0.15, 0.2) is 78.9 Å². The van der Waals surface area contributed by atoms with Gasteiger partial charge in [0.15, 0.2) is 0 Å². The number of amides is 2. The highest BCUT2D eigenvalue weighted by Crippen LogP contribution is 2.21. The molecule has 3 rings (SSSR count). The summed E-state index contributed by atoms with van der Waals surface area (Å²) in [5.41, 5.74) is 2.04. The molecule has 0 aliphatic carbocycles. The van der Waals surface area contributed by atoms with Crippen LogP contribution in [0, 0.1) is 0 Å². The molecule has 6 nitrogen and oxygen atoms in total. The van der Waals surface area contributed by atoms with Gasteiger partial charge in [-0.15, -0.1) is 0 Å². The quantitative estimate of drug-likeness (QED) is 0.529. The fourth-order valence-electron chi connectivity index (χ4n) is 3.02. The lowest BCUT2D eigenvalue weighted by Gasteiger charge is -2.19. The van der Waals surface area contributed by atoms with Crippen LogP contribution in [0.3, 0.4) is 0 Å². The van der Waals surface area contributed by atoms with Crippen molar-refractivity contribution in [2.24, 2.45) is 0 Å². The van der Waals surface area contributed by atoms with E-state index in [1.165, 1.54) is 7.11 Å². The number of esters is 1. The highest BCUT2D eigenvalue weighted by atomic mass is 35.5. The normalized spacial score (nSPS) is 11.3. The number of rotatable bonds is 7. The van der Waals surface area contributed by atoms with Gasteiger partial charge in [-0.3, -0.25) is 9.59 Å². The van der Waals surface area contributed by atoms with Gasteiger partial charge in [0.25, 0.3) is 5.91 Å². The molecule has 0 heterocycles. The van der Waals surface area contributed by atoms with Crippen molar-refractivity contribution in [2.75, 3.05) is 12.4 Å². The Morgan fingerprint density at radius 2 is 1.55 bits per heavy atom. The van der Waals surface area contributed by atoms with Crippen LogP contribution in [0.2, 0.25) is 5.02 Å². The monoisotopic (exact) mass is 436 g/mol. The number of carbonyl (C=O) groups excluding carboxylic acids is 3. The number of nitrogens with one attached hydrogen (secondary N) is 2. The number of ether oxygens (including phenoxy) is 1. The summed E-state index contributed by atoms with van der Waals surface area (Å²) in [6.45, 7) is 0. The first-order valence-corrected chi connectivity index (χ1v) is 9.94. The van der Waals surface area contributed by atoms with Crippen LogP contribution < -0.4 is 10.6 Å². The van der Waals surface area contributed by atoms with Crippen LogP contribution in [-0.4, -0.2) is 24.9 Å². The van der Waals surface area contributed by atoms with Gasteiger partial charge in [-0.2, -0.15) is 0 Å². The minimum absolute atomic E-state index is 0.0129. The molecule has 0 saturated carbocycles. The highest BCUT2D eigenvalue weighted by Gasteiger charge is 2.20. The van der Waals surface area contributed by atoms with Crippen molar-refractivity contribution in [1.29, 1.82) is 0 Å². The van der Waals surface area contributed by atoms with Crippen molar-refractivity contribution < 1.29 is 19.1 Å². The zero-order chi connectivity index (χ0) is 22.2. The van der Waals surface area contributed by atoms with E-state index < -0.39 is 12.0 Å². The van der Waals surface area contributed by atoms with E-state index in [1.54, 1.807) is 48.5 Å². The number of hydrogen-bond acceptors (Lipinski definition) is 4. The predicted octanol–water partition coefficient (Wildman–Crippen LogP) is 4.63. The topological polar surface area (TPSA) is 84.5 Å². The Morgan fingerprint density at radius 1 is 0.903 bits per heavy atom. The van der Waals surface area contributed by atoms with Crippen molar-refractivity contribution in [3.63, 3.8) is 0 Å². The molecule has 1 atom stereocenters. The van der Waals surface area contributed by atoms with Crippen molar-refractivity contribution in [3.05, 3.63) is 101 Å². The van der Waals surface area contributed by atoms with Crippen LogP contribution in [0.4, 0.5) is 5.69 Å². The van der Waals surface area contributed by atoms with E-state index in [9.17, 15) is 14.4 Å². The Balaban J connectivity index is 1.73. The van der Waals surface area contributed by atoms with Gasteiger partial charge >= 0.3 is 5.97 Å². The molecule has 0 fully saturated rings. The summed E-state index contributed by atoms with van der Waals surface area (Å²) in [6, 6.07) is 21.8. The fraction of sp³-hybridized carbons (Fsp3) is 0.125. The second-order valence-electron chi connectivity index (χ2n) is 6.74. The second-order valence-corrected chi connectivity index (χ2v) is 7.15. The maximum Gasteiger partial charge on any atom is 0.337 e. The summed E-state index contributed by atoms with van der Waals surface area (Å²) in [6.07, 6.45) is 0.0129. The lowest BCUT2D eigenvalue weighted by molar-refractivity contribution is -0.116. The van der Waals surface area contributed by atoms with Gasteiger partial charge in [-0.1, -0.05) is 54.1 Å². The number of anilines is 1. The molecule has 0 aliphatic rings. The van der Waals surface area contributed by atoms with Crippen LogP contribution in [-0.2, 0) is 9.53 Å². The molecule has 3 aromatic carbocycles. The van der Waals surface area contributed by atoms with Gasteiger partial charge < -0.3 is 15.4 Å². The zero-order valence-electron chi connectivity index (χ0n) is 16.8. The Morgan fingerprint density at radius 3 is 2.19 bits per heavy atom. The first-order chi connectivity index (χ1) is 15.0. The molecule has 1 unspecified atom stereocenters. The van der Waals surface area contributed by atoms with Crippen molar-refractivity contribution in [3.8, 4) is 0 Å². The smallest absolute Gasteiger partial charge is 0.337 e. The first-order valence-electron chi connectivity index (χ1n) is 9.56. The molecule has 158 valence electrons. The molecular formula is C24H21ClN2O4. The standard InChI is InChI=1S/C24H21ClN2O4/c1-31-24(30)17-11-13-18(14-12-17)26-22(28)15-21(16-7-3-2-4-8-16)27-23(29)19-9-5-6-10-20(19)25/h2-14,21H,15H2,1H3,(H,26,28)(H,27,29). The fourth-order valence-corrected chi connectivity index (χ4v) is 3.25. The number of methoxy groups -OCH3 is 1. The molecule has 0 aromatic heterocycles. The number of carbonyl (C=O) groups is 3. The molecule has 31 heavy (non-hydrogen) atoms. The minimum Gasteiger partial charge on any atom is -0.465 e. The zero-order valence-corrected chi connectivity index (χ0v) is 17.6. The van der Waals surface area contributed by atoms with E-state index in [2.05, 4.69) is 15.4 Å². The Labute approximate surface area is 185 Å². The summed E-state index contributed by atoms with van der Waals surface area (Å²) in [4.78, 5) is 37.0. The SMILES string of the molecule is COC(=O)c1ccc(NC(=O)CC(NC(=O)c2ccccc2Cl)c2ccccc2)cc1. The third kappa shape index (κ3) is 5.93. The Hall–Kier alpha value is -3.64. The maximum absolute atomic E-state index is 12.7. The largest absolute Gasteiger partial charge is 0.465 e. The molecule has 0 spiro atoms. The van der Waals surface area contributed by atoms with Gasteiger partial charge in [-0.05, 0) is 42.0 Å². The van der Waals surface area contributed by atoms with Gasteiger partial charge in [0.2, 0.25) is 5.91 Å². The van der Waals surface area contributed by atoms with Crippen molar-refractivity contribution in [2.45, 2.75) is 12.5 Å². The molecule has 3 aromatic rings. The average Bonchev–Trinajstić information content (AvgIpc) is 2.79. The average molecular weight is 437 g/mol. The molecular weight excluding hydrogens is 416 g/mol. The van der Waals surface area contributed by atoms with E-state index in [-0.39, 0.29) is 18.2 Å². The molecule has 7 heteroatoms. The predicted molar refractivity (Wildman–Crippen MR) is 119 cm³/mol. The number of halogens is 1. The van der Waals surface area contributed by atoms with Gasteiger partial charge in [0.1, 0.15) is 0 Å². The summed E-state index contributed by atoms with van der Waals surface area (Å²) >= 11 is 6.13. The minimum atomic E-state index is -0.556. The van der Waals surface area contributed by atoms with Gasteiger partial charge in [0, 0.05) is 5.69 Å². The summed E-state index contributed by atoms with van der Waals surface area (Å²) in [5, 5.41) is 6.01. The van der Waals surface area contributed by atoms with E-state index in [0.717, 1.165) is 5.56 Å². The van der Waals surface area contributed by atoms with Gasteiger partial charge in [0.05, 0.1) is 35.7 Å². The third-order valence-electron chi connectivity index (χ3n) is 4.61. The highest BCUT2D eigenvalue weighted by molar-refractivity contribution is 6.33. The van der Waals surface area contributed by atoms with E-state index in [4.69, 9.17) is 11.6 Å². The Bertz CT molecular complexity index is 1070. The number of hydrogen-bond donors (Lipinski definition) is 2. The second kappa shape index (κ2) is 10.4. The summed E-state index contributed by atoms with van der Waals surface area (Å²) in [7, 11) is 1.30. The van der Waals surface area contributed by atoms with E-state index in [1.807, 2.05) is 30.3 Å². The molecule has 0 radical (unpaired) electrons. The van der Waals surface area contributed by atoms with Crippen molar-refractivity contribution >= 4 is 35.1 Å². The molecule has 0 saturated heterocycles. The van der Waals surface area contributed by atoms with Crippen LogP contribution in [0.25, 0.3) is 0 Å². The van der Waals surface area contributed by atoms with Crippen LogP contribution in [0.5, 0.6) is 0 Å². The molecule has 2 amide bonds. The summed E-state index contributed by atoms with van der Waals surface area (Å²) in [5.74, 6) is -1.11. The van der Waals surface area contributed by atoms with E-state index >= 15 is 0 Å². The Kier molecular flexibility index (Phi) is 7.40. The maximum atomic E-state index is 12.7. The van der Waals surface area contributed by atoms with Gasteiger partial charge in [-0.25, -0.2) is 4.79 Å². The molecule has 0 bridgehead atoms. The first kappa shape index (κ1) is 22.1. The van der Waals surface area contributed by atoms with E-state index in [0.29, 0.717) is 21.8 Å². The third-order valence-corrected chi connectivity index (χ3v) is 4.93. The van der Waals surface area contributed by atoms with Crippen LogP contribution >= 0.6 is 11.6 Å². The molecule has 2 N–H and O–H groups in total. The summed E-state index contributed by atoms with van der Waals surface area (Å²) < 4.78 is 4.66. The lowest BCUT2D eigenvalue weighted by atomic mass is 10.0. The van der Waals surface area contributed by atoms with Crippen LogP contribution in [0.1, 0.15) is 38.7 Å². The molecule has 0 aliphatic heterocycles. The number of benzene rings is 3.